The third kappa shape index (κ3) is 6.38. The molecule has 2 N–H and O–H groups in total. The summed E-state index contributed by atoms with van der Waals surface area (Å²) in [6.45, 7) is 5.63. The molecule has 0 radical (unpaired) electrons. The molecular formula is C31H42N4O3. The number of piperidine rings is 1. The van der Waals surface area contributed by atoms with Gasteiger partial charge in [-0.1, -0.05) is 24.3 Å². The van der Waals surface area contributed by atoms with Crippen LogP contribution in [0.5, 0.6) is 5.75 Å². The van der Waals surface area contributed by atoms with Crippen LogP contribution in [0.3, 0.4) is 0 Å². The minimum absolute atomic E-state index is 0.0922. The fraction of sp³-hybridized carbons (Fsp3) is 0.548. The summed E-state index contributed by atoms with van der Waals surface area (Å²) in [5.41, 5.74) is 9.18. The second-order valence-electron chi connectivity index (χ2n) is 11.3. The molecule has 2 aromatic carbocycles. The van der Waals surface area contributed by atoms with E-state index in [9.17, 15) is 9.59 Å². The van der Waals surface area contributed by atoms with Crippen molar-refractivity contribution in [3.8, 4) is 5.75 Å². The van der Waals surface area contributed by atoms with Crippen molar-refractivity contribution in [3.05, 3.63) is 59.7 Å². The standard InChI is InChI=1S/C31H42N4O3/c1-38-28-11-7-24(8-12-28)22-35-30(36)14-13-29(31(35)37)25-3-2-4-27(21-25)34-19-17-33(18-20-34)16-15-23-5-9-26(32)10-6-23/h2-4,7-8,11-12,21,23,26,29H,5-6,9-10,13-20,22,32H2,1H3. The second kappa shape index (κ2) is 12.3. The van der Waals surface area contributed by atoms with Gasteiger partial charge in [-0.15, -0.1) is 0 Å². The van der Waals surface area contributed by atoms with Crippen molar-refractivity contribution in [2.75, 3.05) is 44.7 Å². The average molecular weight is 519 g/mol. The molecule has 0 spiro atoms. The first-order valence-electron chi connectivity index (χ1n) is 14.3. The van der Waals surface area contributed by atoms with Gasteiger partial charge in [0.2, 0.25) is 11.8 Å². The molecule has 7 nitrogen and oxygen atoms in total. The Balaban J connectivity index is 1.17. The predicted molar refractivity (Wildman–Crippen MR) is 150 cm³/mol. The summed E-state index contributed by atoms with van der Waals surface area (Å²) in [5, 5.41) is 0. The van der Waals surface area contributed by atoms with Crippen molar-refractivity contribution < 1.29 is 14.3 Å². The fourth-order valence-corrected chi connectivity index (χ4v) is 6.24. The molecule has 1 atom stereocenters. The van der Waals surface area contributed by atoms with Gasteiger partial charge < -0.3 is 15.4 Å². The van der Waals surface area contributed by atoms with Gasteiger partial charge in [-0.05, 0) is 86.4 Å². The maximum absolute atomic E-state index is 13.5. The van der Waals surface area contributed by atoms with E-state index in [0.717, 1.165) is 49.0 Å². The quantitative estimate of drug-likeness (QED) is 0.529. The molecule has 2 amide bonds. The van der Waals surface area contributed by atoms with Gasteiger partial charge >= 0.3 is 0 Å². The van der Waals surface area contributed by atoms with E-state index in [1.54, 1.807) is 7.11 Å². The van der Waals surface area contributed by atoms with Gasteiger partial charge in [0.25, 0.3) is 0 Å². The maximum atomic E-state index is 13.5. The SMILES string of the molecule is COc1ccc(CN2C(=O)CCC(c3cccc(N4CCN(CCC5CCC(N)CC5)CC4)c3)C2=O)cc1. The third-order valence-corrected chi connectivity index (χ3v) is 8.77. The highest BCUT2D eigenvalue weighted by atomic mass is 16.5. The van der Waals surface area contributed by atoms with Crippen LogP contribution in [0.25, 0.3) is 0 Å². The van der Waals surface area contributed by atoms with Gasteiger partial charge in [-0.3, -0.25) is 19.4 Å². The van der Waals surface area contributed by atoms with Crippen LogP contribution in [-0.2, 0) is 16.1 Å². The number of hydrogen-bond acceptors (Lipinski definition) is 6. The Kier molecular flexibility index (Phi) is 8.65. The van der Waals surface area contributed by atoms with Crippen LogP contribution >= 0.6 is 0 Å². The zero-order valence-electron chi connectivity index (χ0n) is 22.7. The molecule has 0 aromatic heterocycles. The molecule has 38 heavy (non-hydrogen) atoms. The summed E-state index contributed by atoms with van der Waals surface area (Å²) < 4.78 is 5.23. The average Bonchev–Trinajstić information content (AvgIpc) is 2.96. The van der Waals surface area contributed by atoms with Crippen molar-refractivity contribution >= 4 is 17.5 Å². The molecular weight excluding hydrogens is 476 g/mol. The number of hydrogen-bond donors (Lipinski definition) is 1. The lowest BCUT2D eigenvalue weighted by Gasteiger charge is -2.37. The van der Waals surface area contributed by atoms with Gasteiger partial charge in [0, 0.05) is 44.3 Å². The summed E-state index contributed by atoms with van der Waals surface area (Å²) in [6.07, 6.45) is 7.20. The monoisotopic (exact) mass is 518 g/mol. The summed E-state index contributed by atoms with van der Waals surface area (Å²) in [4.78, 5) is 32.6. The van der Waals surface area contributed by atoms with Crippen LogP contribution in [0, 0.1) is 5.92 Å². The number of methoxy groups -OCH3 is 1. The number of benzene rings is 2. The van der Waals surface area contributed by atoms with Gasteiger partial charge in [0.15, 0.2) is 0 Å². The lowest BCUT2D eigenvalue weighted by Crippen LogP contribution is -2.47. The summed E-state index contributed by atoms with van der Waals surface area (Å²) in [5.74, 6) is 1.13. The molecule has 204 valence electrons. The Morgan fingerprint density at radius 3 is 2.37 bits per heavy atom. The first kappa shape index (κ1) is 26.7. The first-order chi connectivity index (χ1) is 18.5. The summed E-state index contributed by atoms with van der Waals surface area (Å²) in [6, 6.07) is 16.4. The highest BCUT2D eigenvalue weighted by Crippen LogP contribution is 2.32. The number of nitrogens with zero attached hydrogens (tertiary/aromatic N) is 3. The molecule has 5 rings (SSSR count). The van der Waals surface area contributed by atoms with E-state index in [-0.39, 0.29) is 17.7 Å². The molecule has 1 saturated carbocycles. The molecule has 1 aliphatic carbocycles. The van der Waals surface area contributed by atoms with E-state index < -0.39 is 0 Å². The van der Waals surface area contributed by atoms with Crippen LogP contribution in [0.2, 0.25) is 0 Å². The van der Waals surface area contributed by atoms with E-state index in [0.29, 0.717) is 25.4 Å². The maximum Gasteiger partial charge on any atom is 0.237 e. The van der Waals surface area contributed by atoms with E-state index in [2.05, 4.69) is 28.0 Å². The zero-order valence-corrected chi connectivity index (χ0v) is 22.7. The predicted octanol–water partition coefficient (Wildman–Crippen LogP) is 4.16. The molecule has 2 aromatic rings. The third-order valence-electron chi connectivity index (χ3n) is 8.77. The first-order valence-corrected chi connectivity index (χ1v) is 14.3. The van der Waals surface area contributed by atoms with Crippen LogP contribution in [0.4, 0.5) is 5.69 Å². The number of rotatable bonds is 8. The molecule has 0 bridgehead atoms. The lowest BCUT2D eigenvalue weighted by molar-refractivity contribution is -0.150. The van der Waals surface area contributed by atoms with Crippen LogP contribution < -0.4 is 15.4 Å². The van der Waals surface area contributed by atoms with E-state index >= 15 is 0 Å². The van der Waals surface area contributed by atoms with Gasteiger partial charge in [-0.2, -0.15) is 0 Å². The fourth-order valence-electron chi connectivity index (χ4n) is 6.24. The number of imide groups is 1. The molecule has 2 aliphatic heterocycles. The number of likely N-dealkylation sites (tertiary alicyclic amines) is 1. The Morgan fingerprint density at radius 1 is 0.921 bits per heavy atom. The molecule has 7 heteroatoms. The highest BCUT2D eigenvalue weighted by Gasteiger charge is 2.35. The van der Waals surface area contributed by atoms with Crippen LogP contribution in [-0.4, -0.2) is 67.5 Å². The molecule has 1 unspecified atom stereocenters. The minimum Gasteiger partial charge on any atom is -0.497 e. The Morgan fingerprint density at radius 2 is 1.66 bits per heavy atom. The number of piperazine rings is 1. The summed E-state index contributed by atoms with van der Waals surface area (Å²) in [7, 11) is 1.63. The normalized spacial score (nSPS) is 25.1. The Labute approximate surface area is 226 Å². The number of ether oxygens (including phenoxy) is 1. The molecule has 3 fully saturated rings. The van der Waals surface area contributed by atoms with Gasteiger partial charge in [0.1, 0.15) is 5.75 Å². The smallest absolute Gasteiger partial charge is 0.237 e. The van der Waals surface area contributed by atoms with Crippen molar-refractivity contribution in [1.82, 2.24) is 9.80 Å². The number of amides is 2. The van der Waals surface area contributed by atoms with Crippen LogP contribution in [0.1, 0.15) is 62.0 Å². The minimum atomic E-state index is -0.282. The van der Waals surface area contributed by atoms with E-state index in [4.69, 9.17) is 10.5 Å². The topological polar surface area (TPSA) is 79.1 Å². The van der Waals surface area contributed by atoms with E-state index in [1.165, 1.54) is 49.2 Å². The zero-order chi connectivity index (χ0) is 26.5. The van der Waals surface area contributed by atoms with Crippen molar-refractivity contribution in [2.24, 2.45) is 11.7 Å². The van der Waals surface area contributed by atoms with Crippen molar-refractivity contribution in [1.29, 1.82) is 0 Å². The number of nitrogens with two attached hydrogens (primary N) is 1. The van der Waals surface area contributed by atoms with E-state index in [1.807, 2.05) is 30.3 Å². The number of carbonyl (C=O) groups is 2. The Hall–Kier alpha value is -2.90. The largest absolute Gasteiger partial charge is 0.497 e. The number of anilines is 1. The second-order valence-corrected chi connectivity index (χ2v) is 11.3. The Bertz CT molecular complexity index is 1090. The van der Waals surface area contributed by atoms with Crippen molar-refractivity contribution in [3.63, 3.8) is 0 Å². The van der Waals surface area contributed by atoms with Gasteiger partial charge in [0.05, 0.1) is 19.6 Å². The highest BCUT2D eigenvalue weighted by molar-refractivity contribution is 6.01. The van der Waals surface area contributed by atoms with Gasteiger partial charge in [-0.25, -0.2) is 0 Å². The lowest BCUT2D eigenvalue weighted by atomic mass is 9.84. The van der Waals surface area contributed by atoms with Crippen molar-refractivity contribution in [2.45, 2.75) is 63.5 Å². The molecule has 3 aliphatic rings. The molecule has 2 heterocycles. The number of carbonyl (C=O) groups excluding carboxylic acids is 2. The molecule has 2 saturated heterocycles. The van der Waals surface area contributed by atoms with Crippen LogP contribution in [0.15, 0.2) is 48.5 Å². The summed E-state index contributed by atoms with van der Waals surface area (Å²) >= 11 is 0.